The fraction of sp³-hybridized carbons (Fsp3) is 0.154. The van der Waals surface area contributed by atoms with Gasteiger partial charge in [-0.1, -0.05) is 35.9 Å². The summed E-state index contributed by atoms with van der Waals surface area (Å²) in [6.45, 7) is 0. The second-order valence-corrected chi connectivity index (χ2v) is 8.85. The van der Waals surface area contributed by atoms with Crippen LogP contribution in [0.5, 0.6) is 0 Å². The maximum absolute atomic E-state index is 14.6. The lowest BCUT2D eigenvalue weighted by molar-refractivity contribution is 0.0560. The molecule has 182 valence electrons. The SMILES string of the molecule is O=C(NC1CC(O)C1)c1cc(NC(=O)c2cc(-c3ccccn3)c(F)cc2Cl)n(-c2ccccc2)n1. The summed E-state index contributed by atoms with van der Waals surface area (Å²) in [6, 6.07) is 17.8. The van der Waals surface area contributed by atoms with E-state index >= 15 is 0 Å². The van der Waals surface area contributed by atoms with E-state index in [1.165, 1.54) is 23.0 Å². The number of hydrogen-bond donors (Lipinski definition) is 3. The van der Waals surface area contributed by atoms with Crippen molar-refractivity contribution in [1.82, 2.24) is 20.1 Å². The number of aliphatic hydroxyl groups excluding tert-OH is 1. The summed E-state index contributed by atoms with van der Waals surface area (Å²) in [6.07, 6.45) is 2.08. The van der Waals surface area contributed by atoms with Gasteiger partial charge in [-0.05, 0) is 49.2 Å². The summed E-state index contributed by atoms with van der Waals surface area (Å²) in [5, 5.41) is 19.4. The van der Waals surface area contributed by atoms with Crippen LogP contribution in [0.4, 0.5) is 10.2 Å². The molecule has 2 heterocycles. The van der Waals surface area contributed by atoms with Crippen molar-refractivity contribution in [2.75, 3.05) is 5.32 Å². The van der Waals surface area contributed by atoms with E-state index in [1.807, 2.05) is 6.07 Å². The third-order valence-electron chi connectivity index (χ3n) is 5.87. The Kier molecular flexibility index (Phi) is 6.49. The molecular formula is C26H21ClFN5O3. The first-order chi connectivity index (χ1) is 17.4. The number of pyridine rings is 1. The normalized spacial score (nSPS) is 16.8. The molecule has 0 saturated heterocycles. The van der Waals surface area contributed by atoms with Crippen molar-refractivity contribution in [3.05, 3.63) is 95.0 Å². The third-order valence-corrected chi connectivity index (χ3v) is 6.19. The molecule has 1 aliphatic rings. The Morgan fingerprint density at radius 1 is 1.03 bits per heavy atom. The van der Waals surface area contributed by atoms with Crippen LogP contribution in [0.1, 0.15) is 33.7 Å². The van der Waals surface area contributed by atoms with Crippen molar-refractivity contribution in [2.45, 2.75) is 25.0 Å². The van der Waals surface area contributed by atoms with Gasteiger partial charge in [0.25, 0.3) is 11.8 Å². The number of hydrogen-bond acceptors (Lipinski definition) is 5. The summed E-state index contributed by atoms with van der Waals surface area (Å²) < 4.78 is 16.0. The number of anilines is 1. The van der Waals surface area contributed by atoms with E-state index in [1.54, 1.807) is 42.5 Å². The molecule has 1 fully saturated rings. The molecule has 2 aromatic heterocycles. The molecule has 1 saturated carbocycles. The Balaban J connectivity index is 1.46. The highest BCUT2D eigenvalue weighted by molar-refractivity contribution is 6.34. The van der Waals surface area contributed by atoms with Gasteiger partial charge < -0.3 is 15.7 Å². The molecule has 0 radical (unpaired) electrons. The number of nitrogens with zero attached hydrogens (tertiary/aromatic N) is 3. The van der Waals surface area contributed by atoms with E-state index in [2.05, 4.69) is 20.7 Å². The van der Waals surface area contributed by atoms with Gasteiger partial charge in [0.2, 0.25) is 0 Å². The van der Waals surface area contributed by atoms with Crippen molar-refractivity contribution in [3.8, 4) is 16.9 Å². The number of aliphatic hydroxyl groups is 1. The van der Waals surface area contributed by atoms with Gasteiger partial charge in [0, 0.05) is 23.9 Å². The minimum absolute atomic E-state index is 0.0361. The topological polar surface area (TPSA) is 109 Å². The fourth-order valence-corrected chi connectivity index (χ4v) is 4.17. The summed E-state index contributed by atoms with van der Waals surface area (Å²) in [7, 11) is 0. The Morgan fingerprint density at radius 2 is 1.78 bits per heavy atom. The molecule has 0 spiro atoms. The highest BCUT2D eigenvalue weighted by atomic mass is 35.5. The number of amides is 2. The standard InChI is InChI=1S/C26H21ClFN5O3/c27-20-13-21(28)19(22-8-4-5-9-29-22)12-18(20)25(35)31-24-14-23(26(36)30-15-10-17(34)11-15)32-33(24)16-6-2-1-3-7-16/h1-9,12-15,17,34H,10-11H2,(H,30,36)(H,31,35). The van der Waals surface area contributed by atoms with Gasteiger partial charge in [-0.3, -0.25) is 14.6 Å². The molecule has 36 heavy (non-hydrogen) atoms. The van der Waals surface area contributed by atoms with Crippen molar-refractivity contribution in [1.29, 1.82) is 0 Å². The summed E-state index contributed by atoms with van der Waals surface area (Å²) in [5.41, 5.74) is 1.23. The molecule has 2 amide bonds. The Morgan fingerprint density at radius 3 is 2.47 bits per heavy atom. The van der Waals surface area contributed by atoms with Gasteiger partial charge in [-0.2, -0.15) is 5.10 Å². The lowest BCUT2D eigenvalue weighted by atomic mass is 9.89. The van der Waals surface area contributed by atoms with E-state index in [4.69, 9.17) is 11.6 Å². The number of carbonyl (C=O) groups excluding carboxylic acids is 2. The van der Waals surface area contributed by atoms with Crippen LogP contribution in [0.25, 0.3) is 16.9 Å². The molecule has 1 aliphatic carbocycles. The van der Waals surface area contributed by atoms with E-state index in [-0.39, 0.29) is 33.7 Å². The van der Waals surface area contributed by atoms with Gasteiger partial charge in [0.1, 0.15) is 11.6 Å². The number of aromatic nitrogens is 3. The van der Waals surface area contributed by atoms with Gasteiger partial charge in [0.15, 0.2) is 5.69 Å². The molecular weight excluding hydrogens is 485 g/mol. The van der Waals surface area contributed by atoms with Crippen LogP contribution in [-0.4, -0.2) is 43.8 Å². The molecule has 3 N–H and O–H groups in total. The maximum atomic E-state index is 14.6. The summed E-state index contributed by atoms with van der Waals surface area (Å²) in [4.78, 5) is 30.2. The molecule has 10 heteroatoms. The molecule has 0 unspecified atom stereocenters. The maximum Gasteiger partial charge on any atom is 0.272 e. The predicted octanol–water partition coefficient (Wildman–Crippen LogP) is 4.23. The molecule has 0 aliphatic heterocycles. The monoisotopic (exact) mass is 505 g/mol. The smallest absolute Gasteiger partial charge is 0.272 e. The van der Waals surface area contributed by atoms with Crippen LogP contribution in [-0.2, 0) is 0 Å². The Bertz CT molecular complexity index is 1420. The van der Waals surface area contributed by atoms with Crippen LogP contribution in [0.15, 0.2) is 72.9 Å². The summed E-state index contributed by atoms with van der Waals surface area (Å²) >= 11 is 6.23. The number of benzene rings is 2. The number of rotatable bonds is 6. The summed E-state index contributed by atoms with van der Waals surface area (Å²) in [5.74, 6) is -1.41. The van der Waals surface area contributed by atoms with Crippen molar-refractivity contribution >= 4 is 29.2 Å². The zero-order chi connectivity index (χ0) is 25.2. The van der Waals surface area contributed by atoms with Crippen molar-refractivity contribution < 1.29 is 19.1 Å². The number of carbonyl (C=O) groups is 2. The molecule has 0 atom stereocenters. The molecule has 2 aromatic carbocycles. The van der Waals surface area contributed by atoms with Crippen molar-refractivity contribution in [3.63, 3.8) is 0 Å². The number of para-hydroxylation sites is 1. The van der Waals surface area contributed by atoms with Crippen LogP contribution in [0.3, 0.4) is 0 Å². The molecule has 5 rings (SSSR count). The zero-order valence-electron chi connectivity index (χ0n) is 18.9. The predicted molar refractivity (Wildman–Crippen MR) is 133 cm³/mol. The van der Waals surface area contributed by atoms with Gasteiger partial charge in [-0.25, -0.2) is 9.07 Å². The first-order valence-electron chi connectivity index (χ1n) is 11.3. The van der Waals surface area contributed by atoms with E-state index in [0.717, 1.165) is 6.07 Å². The minimum Gasteiger partial charge on any atom is -0.393 e. The molecule has 8 nitrogen and oxygen atoms in total. The third kappa shape index (κ3) is 4.84. The number of nitrogens with one attached hydrogen (secondary N) is 2. The first kappa shape index (κ1) is 23.7. The van der Waals surface area contributed by atoms with Crippen LogP contribution >= 0.6 is 11.6 Å². The quantitative estimate of drug-likeness (QED) is 0.363. The second kappa shape index (κ2) is 9.88. The molecule has 0 bridgehead atoms. The highest BCUT2D eigenvalue weighted by Crippen LogP contribution is 2.29. The zero-order valence-corrected chi connectivity index (χ0v) is 19.6. The fourth-order valence-electron chi connectivity index (χ4n) is 3.94. The largest absolute Gasteiger partial charge is 0.393 e. The minimum atomic E-state index is -0.608. The van der Waals surface area contributed by atoms with Crippen molar-refractivity contribution in [2.24, 2.45) is 0 Å². The van der Waals surface area contributed by atoms with Crippen LogP contribution in [0, 0.1) is 5.82 Å². The van der Waals surface area contributed by atoms with Crippen LogP contribution in [0.2, 0.25) is 5.02 Å². The van der Waals surface area contributed by atoms with Gasteiger partial charge in [0.05, 0.1) is 28.1 Å². The van der Waals surface area contributed by atoms with E-state index in [9.17, 15) is 19.1 Å². The Hall–Kier alpha value is -4.08. The average Bonchev–Trinajstić information content (AvgIpc) is 3.28. The van der Waals surface area contributed by atoms with E-state index in [0.29, 0.717) is 24.2 Å². The van der Waals surface area contributed by atoms with E-state index < -0.39 is 23.7 Å². The first-order valence-corrected chi connectivity index (χ1v) is 11.6. The van der Waals surface area contributed by atoms with Gasteiger partial charge >= 0.3 is 0 Å². The number of halogens is 2. The second-order valence-electron chi connectivity index (χ2n) is 8.44. The van der Waals surface area contributed by atoms with Gasteiger partial charge in [-0.15, -0.1) is 0 Å². The van der Waals surface area contributed by atoms with Crippen LogP contribution < -0.4 is 10.6 Å². The highest BCUT2D eigenvalue weighted by Gasteiger charge is 2.30. The Labute approximate surface area is 210 Å². The molecule has 4 aromatic rings. The average molecular weight is 506 g/mol. The lowest BCUT2D eigenvalue weighted by Gasteiger charge is -2.31. The lowest BCUT2D eigenvalue weighted by Crippen LogP contribution is -2.46.